The van der Waals surface area contributed by atoms with Gasteiger partial charge in [-0.15, -0.1) is 0 Å². The number of esters is 1. The van der Waals surface area contributed by atoms with E-state index in [9.17, 15) is 4.79 Å². The second-order valence-corrected chi connectivity index (χ2v) is 2.93. The number of epoxide rings is 1. The minimum Gasteiger partial charge on any atom is -0.464 e. The molecule has 0 bridgehead atoms. The molecule has 0 radical (unpaired) electrons. The Bertz CT molecular complexity index is 210. The third-order valence-corrected chi connectivity index (χ3v) is 1.83. The SMILES string of the molecule is C/C=C/C1(C)OC1C(=O)OCC. The van der Waals surface area contributed by atoms with Gasteiger partial charge in [0.1, 0.15) is 5.60 Å². The number of ether oxygens (including phenoxy) is 2. The zero-order chi connectivity index (χ0) is 9.19. The molecule has 0 N–H and O–H groups in total. The average Bonchev–Trinajstić information content (AvgIpc) is 2.64. The van der Waals surface area contributed by atoms with E-state index in [1.54, 1.807) is 6.92 Å². The van der Waals surface area contributed by atoms with E-state index >= 15 is 0 Å². The van der Waals surface area contributed by atoms with Crippen molar-refractivity contribution in [1.82, 2.24) is 0 Å². The van der Waals surface area contributed by atoms with E-state index in [1.807, 2.05) is 26.0 Å². The second-order valence-electron chi connectivity index (χ2n) is 2.93. The first kappa shape index (κ1) is 9.26. The van der Waals surface area contributed by atoms with Crippen molar-refractivity contribution >= 4 is 5.97 Å². The van der Waals surface area contributed by atoms with Crippen molar-refractivity contribution < 1.29 is 14.3 Å². The zero-order valence-electron chi connectivity index (χ0n) is 7.66. The summed E-state index contributed by atoms with van der Waals surface area (Å²) in [5, 5.41) is 0. The molecule has 1 saturated heterocycles. The third kappa shape index (κ3) is 1.67. The Morgan fingerprint density at radius 2 is 2.42 bits per heavy atom. The summed E-state index contributed by atoms with van der Waals surface area (Å²) in [6.07, 6.45) is 3.35. The largest absolute Gasteiger partial charge is 0.464 e. The predicted molar refractivity (Wildman–Crippen MR) is 44.7 cm³/mol. The zero-order valence-corrected chi connectivity index (χ0v) is 7.66. The van der Waals surface area contributed by atoms with Gasteiger partial charge in [0, 0.05) is 0 Å². The molecule has 0 saturated carbocycles. The van der Waals surface area contributed by atoms with Crippen LogP contribution in [-0.4, -0.2) is 24.3 Å². The molecule has 2 atom stereocenters. The van der Waals surface area contributed by atoms with Gasteiger partial charge in [0.2, 0.25) is 0 Å². The Balaban J connectivity index is 2.45. The fraction of sp³-hybridized carbons (Fsp3) is 0.667. The fourth-order valence-electron chi connectivity index (χ4n) is 1.18. The van der Waals surface area contributed by atoms with E-state index < -0.39 is 11.7 Å². The first-order valence-corrected chi connectivity index (χ1v) is 4.12. The highest BCUT2D eigenvalue weighted by atomic mass is 16.7. The van der Waals surface area contributed by atoms with Crippen molar-refractivity contribution in [2.45, 2.75) is 32.5 Å². The molecule has 3 heteroatoms. The van der Waals surface area contributed by atoms with Crippen molar-refractivity contribution in [2.24, 2.45) is 0 Å². The Kier molecular flexibility index (Phi) is 2.52. The molecule has 0 aromatic carbocycles. The molecule has 0 aromatic heterocycles. The molecule has 2 unspecified atom stereocenters. The van der Waals surface area contributed by atoms with E-state index in [2.05, 4.69) is 0 Å². The lowest BCUT2D eigenvalue weighted by Gasteiger charge is -1.98. The number of rotatable bonds is 3. The molecule has 3 nitrogen and oxygen atoms in total. The van der Waals surface area contributed by atoms with Crippen LogP contribution < -0.4 is 0 Å². The van der Waals surface area contributed by atoms with Gasteiger partial charge < -0.3 is 9.47 Å². The van der Waals surface area contributed by atoms with Crippen LogP contribution in [0, 0.1) is 0 Å². The summed E-state index contributed by atoms with van der Waals surface area (Å²) in [6.45, 7) is 5.96. The van der Waals surface area contributed by atoms with Gasteiger partial charge in [-0.2, -0.15) is 0 Å². The molecular formula is C9H14O3. The number of hydrogen-bond donors (Lipinski definition) is 0. The summed E-state index contributed by atoms with van der Waals surface area (Å²) in [7, 11) is 0. The van der Waals surface area contributed by atoms with Gasteiger partial charge in [-0.1, -0.05) is 12.2 Å². The molecule has 0 aliphatic carbocycles. The first-order valence-electron chi connectivity index (χ1n) is 4.12. The highest BCUT2D eigenvalue weighted by Crippen LogP contribution is 2.38. The Labute approximate surface area is 72.4 Å². The number of carbonyl (C=O) groups is 1. The summed E-state index contributed by atoms with van der Waals surface area (Å²) in [6, 6.07) is 0. The van der Waals surface area contributed by atoms with Crippen LogP contribution in [0.15, 0.2) is 12.2 Å². The third-order valence-electron chi connectivity index (χ3n) is 1.83. The molecule has 0 spiro atoms. The highest BCUT2D eigenvalue weighted by molar-refractivity contribution is 5.79. The Hall–Kier alpha value is -0.830. The first-order chi connectivity index (χ1) is 5.64. The minimum atomic E-state index is -0.416. The van der Waals surface area contributed by atoms with Gasteiger partial charge in [0.05, 0.1) is 6.61 Å². The molecule has 1 fully saturated rings. The van der Waals surface area contributed by atoms with Crippen LogP contribution >= 0.6 is 0 Å². The van der Waals surface area contributed by atoms with Gasteiger partial charge in [-0.25, -0.2) is 4.79 Å². The number of hydrogen-bond acceptors (Lipinski definition) is 3. The van der Waals surface area contributed by atoms with Crippen LogP contribution in [0.5, 0.6) is 0 Å². The molecular weight excluding hydrogens is 156 g/mol. The van der Waals surface area contributed by atoms with Gasteiger partial charge in [-0.05, 0) is 20.8 Å². The highest BCUT2D eigenvalue weighted by Gasteiger charge is 2.56. The lowest BCUT2D eigenvalue weighted by atomic mass is 10.1. The van der Waals surface area contributed by atoms with Crippen molar-refractivity contribution in [3.63, 3.8) is 0 Å². The van der Waals surface area contributed by atoms with Crippen molar-refractivity contribution in [3.05, 3.63) is 12.2 Å². The summed E-state index contributed by atoms with van der Waals surface area (Å²) < 4.78 is 10.0. The Morgan fingerprint density at radius 3 is 2.92 bits per heavy atom. The average molecular weight is 170 g/mol. The van der Waals surface area contributed by atoms with E-state index in [0.717, 1.165) is 0 Å². The fourth-order valence-corrected chi connectivity index (χ4v) is 1.18. The van der Waals surface area contributed by atoms with Crippen LogP contribution in [0.1, 0.15) is 20.8 Å². The van der Waals surface area contributed by atoms with Crippen LogP contribution in [0.4, 0.5) is 0 Å². The molecule has 0 amide bonds. The van der Waals surface area contributed by atoms with Crippen molar-refractivity contribution in [2.75, 3.05) is 6.61 Å². The molecule has 1 rings (SSSR count). The van der Waals surface area contributed by atoms with Gasteiger partial charge in [0.25, 0.3) is 0 Å². The molecule has 1 heterocycles. The second kappa shape index (κ2) is 3.27. The normalized spacial score (nSPS) is 33.8. The van der Waals surface area contributed by atoms with Crippen LogP contribution in [0.3, 0.4) is 0 Å². The summed E-state index contributed by atoms with van der Waals surface area (Å²) in [5.41, 5.74) is -0.416. The summed E-state index contributed by atoms with van der Waals surface area (Å²) >= 11 is 0. The Morgan fingerprint density at radius 1 is 1.75 bits per heavy atom. The van der Waals surface area contributed by atoms with Crippen LogP contribution in [-0.2, 0) is 14.3 Å². The topological polar surface area (TPSA) is 38.8 Å². The number of carbonyl (C=O) groups excluding carboxylic acids is 1. The lowest BCUT2D eigenvalue weighted by Crippen LogP contribution is -2.18. The van der Waals surface area contributed by atoms with Gasteiger partial charge in [0.15, 0.2) is 6.10 Å². The van der Waals surface area contributed by atoms with Crippen molar-refractivity contribution in [3.8, 4) is 0 Å². The molecule has 1 aliphatic rings. The predicted octanol–water partition coefficient (Wildman–Crippen LogP) is 1.28. The lowest BCUT2D eigenvalue weighted by molar-refractivity contribution is -0.144. The standard InChI is InChI=1S/C9H14O3/c1-4-6-9(3)7(12-9)8(10)11-5-2/h4,6-7H,5H2,1-3H3/b6-4+. The van der Waals surface area contributed by atoms with E-state index in [0.29, 0.717) is 6.61 Å². The van der Waals surface area contributed by atoms with E-state index in [1.165, 1.54) is 0 Å². The number of allylic oxidation sites excluding steroid dienone is 1. The minimum absolute atomic E-state index is 0.266. The quantitative estimate of drug-likeness (QED) is 0.364. The maximum atomic E-state index is 11.1. The van der Waals surface area contributed by atoms with Crippen LogP contribution in [0.2, 0.25) is 0 Å². The van der Waals surface area contributed by atoms with Crippen LogP contribution in [0.25, 0.3) is 0 Å². The summed E-state index contributed by atoms with van der Waals surface area (Å²) in [4.78, 5) is 11.1. The molecule has 68 valence electrons. The smallest absolute Gasteiger partial charge is 0.338 e. The molecule has 0 aromatic rings. The monoisotopic (exact) mass is 170 g/mol. The molecule has 12 heavy (non-hydrogen) atoms. The van der Waals surface area contributed by atoms with E-state index in [4.69, 9.17) is 9.47 Å². The van der Waals surface area contributed by atoms with Crippen molar-refractivity contribution in [1.29, 1.82) is 0 Å². The van der Waals surface area contributed by atoms with Gasteiger partial charge >= 0.3 is 5.97 Å². The van der Waals surface area contributed by atoms with E-state index in [-0.39, 0.29) is 5.97 Å². The van der Waals surface area contributed by atoms with Gasteiger partial charge in [-0.3, -0.25) is 0 Å². The maximum absolute atomic E-state index is 11.1. The molecule has 1 aliphatic heterocycles. The maximum Gasteiger partial charge on any atom is 0.338 e. The summed E-state index contributed by atoms with van der Waals surface area (Å²) in [5.74, 6) is -0.266.